The van der Waals surface area contributed by atoms with Crippen molar-refractivity contribution in [3.05, 3.63) is 48.5 Å². The minimum absolute atomic E-state index is 0.454. The topological polar surface area (TPSA) is 53.6 Å². The van der Waals surface area contributed by atoms with Gasteiger partial charge in [0.25, 0.3) is 0 Å². The van der Waals surface area contributed by atoms with Gasteiger partial charge in [-0.2, -0.15) is 0 Å². The summed E-state index contributed by atoms with van der Waals surface area (Å²) in [6.45, 7) is 11.8. The number of hydrogen-bond donors (Lipinski definition) is 2. The SMILES string of the molecule is CCN(CC)c1ccc(Nc2ccc(NC(=O)OC(C)(C)C)cc2)cc1. The predicted octanol–water partition coefficient (Wildman–Crippen LogP) is 5.62. The number of carbonyl (C=O) groups is 1. The summed E-state index contributed by atoms with van der Waals surface area (Å²) in [4.78, 5) is 14.1. The molecule has 0 bridgehead atoms. The van der Waals surface area contributed by atoms with Crippen molar-refractivity contribution in [2.75, 3.05) is 28.6 Å². The van der Waals surface area contributed by atoms with Gasteiger partial charge in [0, 0.05) is 35.8 Å². The van der Waals surface area contributed by atoms with Gasteiger partial charge in [-0.1, -0.05) is 0 Å². The zero-order valence-corrected chi connectivity index (χ0v) is 16.3. The lowest BCUT2D eigenvalue weighted by atomic mass is 10.2. The van der Waals surface area contributed by atoms with E-state index in [0.29, 0.717) is 5.69 Å². The van der Waals surface area contributed by atoms with Crippen molar-refractivity contribution in [2.24, 2.45) is 0 Å². The molecule has 0 unspecified atom stereocenters. The molecule has 5 heteroatoms. The van der Waals surface area contributed by atoms with Crippen molar-refractivity contribution in [1.29, 1.82) is 0 Å². The lowest BCUT2D eigenvalue weighted by Crippen LogP contribution is -2.27. The number of nitrogens with one attached hydrogen (secondary N) is 2. The molecule has 0 aromatic heterocycles. The van der Waals surface area contributed by atoms with Gasteiger partial charge in [0.15, 0.2) is 0 Å². The number of amides is 1. The first kappa shape index (κ1) is 19.6. The van der Waals surface area contributed by atoms with E-state index < -0.39 is 11.7 Å². The fourth-order valence-electron chi connectivity index (χ4n) is 2.57. The maximum atomic E-state index is 11.8. The van der Waals surface area contributed by atoms with E-state index in [9.17, 15) is 4.79 Å². The van der Waals surface area contributed by atoms with Crippen molar-refractivity contribution >= 4 is 28.8 Å². The summed E-state index contributed by atoms with van der Waals surface area (Å²) in [6.07, 6.45) is -0.454. The highest BCUT2D eigenvalue weighted by molar-refractivity contribution is 5.85. The molecule has 1 amide bonds. The molecule has 0 fully saturated rings. The van der Waals surface area contributed by atoms with E-state index in [-0.39, 0.29) is 0 Å². The number of nitrogens with zero attached hydrogens (tertiary/aromatic N) is 1. The second-order valence-corrected chi connectivity index (χ2v) is 7.05. The van der Waals surface area contributed by atoms with Crippen molar-refractivity contribution in [3.63, 3.8) is 0 Å². The zero-order valence-electron chi connectivity index (χ0n) is 16.3. The van der Waals surface area contributed by atoms with Crippen LogP contribution in [0.15, 0.2) is 48.5 Å². The normalized spacial score (nSPS) is 11.0. The molecule has 5 nitrogen and oxygen atoms in total. The van der Waals surface area contributed by atoms with Crippen LogP contribution in [0.5, 0.6) is 0 Å². The van der Waals surface area contributed by atoms with Crippen LogP contribution < -0.4 is 15.5 Å². The summed E-state index contributed by atoms with van der Waals surface area (Å²) in [7, 11) is 0. The third-order valence-corrected chi connectivity index (χ3v) is 3.81. The van der Waals surface area contributed by atoms with Crippen molar-refractivity contribution < 1.29 is 9.53 Å². The largest absolute Gasteiger partial charge is 0.444 e. The van der Waals surface area contributed by atoms with Crippen LogP contribution in [0.1, 0.15) is 34.6 Å². The molecular formula is C21H29N3O2. The molecule has 0 aliphatic carbocycles. The minimum Gasteiger partial charge on any atom is -0.444 e. The highest BCUT2D eigenvalue weighted by Gasteiger charge is 2.16. The van der Waals surface area contributed by atoms with Gasteiger partial charge in [-0.25, -0.2) is 4.79 Å². The Morgan fingerprint density at radius 3 is 1.81 bits per heavy atom. The first-order valence-corrected chi connectivity index (χ1v) is 9.03. The van der Waals surface area contributed by atoms with Crippen LogP contribution in [-0.4, -0.2) is 24.8 Å². The van der Waals surface area contributed by atoms with E-state index in [1.807, 2.05) is 45.0 Å². The van der Waals surface area contributed by atoms with Gasteiger partial charge in [-0.05, 0) is 83.1 Å². The van der Waals surface area contributed by atoms with E-state index >= 15 is 0 Å². The van der Waals surface area contributed by atoms with Gasteiger partial charge >= 0.3 is 6.09 Å². The number of hydrogen-bond acceptors (Lipinski definition) is 4. The number of carbonyl (C=O) groups excluding carboxylic acids is 1. The summed E-state index contributed by atoms with van der Waals surface area (Å²) >= 11 is 0. The van der Waals surface area contributed by atoms with E-state index in [2.05, 4.69) is 53.6 Å². The van der Waals surface area contributed by atoms with Gasteiger partial charge in [-0.3, -0.25) is 5.32 Å². The fourth-order valence-corrected chi connectivity index (χ4v) is 2.57. The van der Waals surface area contributed by atoms with Crippen LogP contribution in [0.4, 0.5) is 27.5 Å². The van der Waals surface area contributed by atoms with Gasteiger partial charge in [0.1, 0.15) is 5.60 Å². The van der Waals surface area contributed by atoms with Crippen molar-refractivity contribution in [1.82, 2.24) is 0 Å². The van der Waals surface area contributed by atoms with Crippen LogP contribution in [0.25, 0.3) is 0 Å². The number of rotatable bonds is 6. The lowest BCUT2D eigenvalue weighted by molar-refractivity contribution is 0.0636. The molecule has 0 aliphatic rings. The number of benzene rings is 2. The average Bonchev–Trinajstić information content (AvgIpc) is 2.57. The maximum Gasteiger partial charge on any atom is 0.412 e. The highest BCUT2D eigenvalue weighted by atomic mass is 16.6. The van der Waals surface area contributed by atoms with E-state index in [0.717, 1.165) is 24.5 Å². The molecule has 0 radical (unpaired) electrons. The summed E-state index contributed by atoms with van der Waals surface area (Å²) in [5.41, 5.74) is 3.38. The Balaban J connectivity index is 1.95. The molecule has 0 saturated heterocycles. The predicted molar refractivity (Wildman–Crippen MR) is 110 cm³/mol. The second kappa shape index (κ2) is 8.61. The Labute approximate surface area is 156 Å². The molecule has 2 aromatic rings. The lowest BCUT2D eigenvalue weighted by Gasteiger charge is -2.21. The molecule has 0 atom stereocenters. The smallest absolute Gasteiger partial charge is 0.412 e. The first-order chi connectivity index (χ1) is 12.3. The van der Waals surface area contributed by atoms with Gasteiger partial charge < -0.3 is 15.0 Å². The number of ether oxygens (including phenoxy) is 1. The minimum atomic E-state index is -0.511. The third-order valence-electron chi connectivity index (χ3n) is 3.81. The second-order valence-electron chi connectivity index (χ2n) is 7.05. The van der Waals surface area contributed by atoms with Gasteiger partial charge in [0.2, 0.25) is 0 Å². The zero-order chi connectivity index (χ0) is 19.2. The molecular weight excluding hydrogens is 326 g/mol. The molecule has 0 saturated carbocycles. The third kappa shape index (κ3) is 5.99. The van der Waals surface area contributed by atoms with Crippen LogP contribution in [0.3, 0.4) is 0 Å². The van der Waals surface area contributed by atoms with Crippen molar-refractivity contribution in [3.8, 4) is 0 Å². The summed E-state index contributed by atoms with van der Waals surface area (Å²) in [5, 5.41) is 6.09. The Morgan fingerprint density at radius 2 is 1.35 bits per heavy atom. The summed E-state index contributed by atoms with van der Waals surface area (Å²) in [6, 6.07) is 15.9. The van der Waals surface area contributed by atoms with Crippen LogP contribution in [0, 0.1) is 0 Å². The van der Waals surface area contributed by atoms with E-state index in [4.69, 9.17) is 4.74 Å². The number of anilines is 4. The Hall–Kier alpha value is -2.69. The summed E-state index contributed by atoms with van der Waals surface area (Å²) in [5.74, 6) is 0. The van der Waals surface area contributed by atoms with Gasteiger partial charge in [-0.15, -0.1) is 0 Å². The van der Waals surface area contributed by atoms with E-state index in [1.54, 1.807) is 0 Å². The first-order valence-electron chi connectivity index (χ1n) is 9.03. The van der Waals surface area contributed by atoms with E-state index in [1.165, 1.54) is 5.69 Å². The molecule has 0 heterocycles. The Bertz CT molecular complexity index is 700. The maximum absolute atomic E-state index is 11.8. The highest BCUT2D eigenvalue weighted by Crippen LogP contribution is 2.22. The monoisotopic (exact) mass is 355 g/mol. The average molecular weight is 355 g/mol. The van der Waals surface area contributed by atoms with Gasteiger partial charge in [0.05, 0.1) is 0 Å². The molecule has 140 valence electrons. The van der Waals surface area contributed by atoms with Crippen LogP contribution >= 0.6 is 0 Å². The Morgan fingerprint density at radius 1 is 0.885 bits per heavy atom. The fraction of sp³-hybridized carbons (Fsp3) is 0.381. The Kier molecular flexibility index (Phi) is 6.50. The molecule has 2 aromatic carbocycles. The molecule has 26 heavy (non-hydrogen) atoms. The summed E-state index contributed by atoms with van der Waals surface area (Å²) < 4.78 is 5.25. The molecule has 0 spiro atoms. The van der Waals surface area contributed by atoms with Crippen LogP contribution in [0.2, 0.25) is 0 Å². The standard InChI is InChI=1S/C21H29N3O2/c1-6-24(7-2)19-14-12-17(13-15-19)22-16-8-10-18(11-9-16)23-20(25)26-21(3,4)5/h8-15,22H,6-7H2,1-5H3,(H,23,25). The van der Waals surface area contributed by atoms with Crippen LogP contribution in [-0.2, 0) is 4.74 Å². The molecule has 2 rings (SSSR count). The van der Waals surface area contributed by atoms with Crippen molar-refractivity contribution in [2.45, 2.75) is 40.2 Å². The molecule has 0 aliphatic heterocycles. The molecule has 2 N–H and O–H groups in total. The quantitative estimate of drug-likeness (QED) is 0.706.